The molecule has 24 N–H and O–H groups in total. The Morgan fingerprint density at radius 3 is 1.34 bits per heavy atom. The molecule has 0 bridgehead atoms. The first-order chi connectivity index (χ1) is 38.5. The first-order valence-electron chi connectivity index (χ1n) is 28.4. The van der Waals surface area contributed by atoms with Gasteiger partial charge in [-0.15, -0.1) is 0 Å². The first kappa shape index (κ1) is 73.9. The van der Waals surface area contributed by atoms with Crippen molar-refractivity contribution in [1.82, 2.24) is 58.5 Å². The van der Waals surface area contributed by atoms with Gasteiger partial charge in [0.2, 0.25) is 65.0 Å². The topological polar surface area (TPSA) is 511 Å². The van der Waals surface area contributed by atoms with Crippen molar-refractivity contribution in [3.8, 4) is 0 Å². The van der Waals surface area contributed by atoms with E-state index in [9.17, 15) is 68.1 Å². The van der Waals surface area contributed by atoms with Crippen LogP contribution in [0.5, 0.6) is 0 Å². The van der Waals surface area contributed by atoms with Crippen molar-refractivity contribution in [1.29, 1.82) is 0 Å². The molecule has 2 unspecified atom stereocenters. The highest BCUT2D eigenvalue weighted by atomic mass is 16.3. The second kappa shape index (κ2) is 38.6. The molecule has 30 nitrogen and oxygen atoms in total. The molecule has 11 amide bonds. The molecule has 0 aromatic rings. The number of carbonyl (C=O) groups is 11. The third kappa shape index (κ3) is 26.8. The number of nitrogens with two attached hydrogens (primary N) is 5. The fraction of sp³-hybridized carbons (Fsp3) is 0.788. The van der Waals surface area contributed by atoms with Gasteiger partial charge in [0, 0.05) is 13.0 Å². The van der Waals surface area contributed by atoms with Crippen LogP contribution in [-0.2, 0) is 52.7 Å². The zero-order chi connectivity index (χ0) is 62.4. The van der Waals surface area contributed by atoms with Gasteiger partial charge in [0.05, 0.1) is 18.3 Å². The van der Waals surface area contributed by atoms with Crippen LogP contribution < -0.4 is 87.2 Å². The van der Waals surface area contributed by atoms with E-state index in [0.717, 1.165) is 0 Å². The third-order valence-corrected chi connectivity index (χ3v) is 13.5. The second-order valence-corrected chi connectivity index (χ2v) is 21.8. The van der Waals surface area contributed by atoms with E-state index in [1.54, 1.807) is 34.6 Å². The monoisotopic (exact) mass is 1170 g/mol. The third-order valence-electron chi connectivity index (χ3n) is 13.5. The summed E-state index contributed by atoms with van der Waals surface area (Å²) in [5, 5.41) is 59.1. The largest absolute Gasteiger partial charge is 0.393 e. The molecule has 470 valence electrons. The van der Waals surface area contributed by atoms with Gasteiger partial charge in [-0.2, -0.15) is 0 Å². The molecule has 30 heteroatoms. The highest BCUT2D eigenvalue weighted by Gasteiger charge is 2.37. The van der Waals surface area contributed by atoms with Crippen molar-refractivity contribution in [2.24, 2.45) is 46.4 Å². The lowest BCUT2D eigenvalue weighted by molar-refractivity contribution is -0.137. The Morgan fingerprint density at radius 2 is 0.927 bits per heavy atom. The molecule has 1 aliphatic heterocycles. The van der Waals surface area contributed by atoms with Gasteiger partial charge in [0.1, 0.15) is 60.4 Å². The minimum atomic E-state index is -1.72. The number of rotatable bonds is 28. The van der Waals surface area contributed by atoms with Gasteiger partial charge >= 0.3 is 0 Å². The molecule has 1 heterocycles. The molecule has 1 aliphatic rings. The molecule has 0 aliphatic carbocycles. The lowest BCUT2D eigenvalue weighted by Gasteiger charge is -2.29. The maximum atomic E-state index is 14.4. The van der Waals surface area contributed by atoms with Crippen LogP contribution in [0.3, 0.4) is 0 Å². The fourth-order valence-electron chi connectivity index (χ4n) is 8.61. The van der Waals surface area contributed by atoms with E-state index in [-0.39, 0.29) is 102 Å². The number of hydrogen-bond acceptors (Lipinski definition) is 19. The molecule has 1 rings (SSSR count). The van der Waals surface area contributed by atoms with Crippen LogP contribution in [0.4, 0.5) is 0 Å². The summed E-state index contributed by atoms with van der Waals surface area (Å²) >= 11 is 0. The Labute approximate surface area is 480 Å². The zero-order valence-corrected chi connectivity index (χ0v) is 49.0. The normalized spacial score (nSPS) is 23.8. The van der Waals surface area contributed by atoms with E-state index in [2.05, 4.69) is 58.5 Å². The van der Waals surface area contributed by atoms with Crippen molar-refractivity contribution < 1.29 is 68.1 Å². The Hall–Kier alpha value is -6.15. The average molecular weight is 1170 g/mol. The predicted octanol–water partition coefficient (Wildman–Crippen LogP) is -6.86. The van der Waals surface area contributed by atoms with Crippen LogP contribution in [0.15, 0.2) is 0 Å². The lowest BCUT2D eigenvalue weighted by Crippen LogP contribution is -2.62. The number of aliphatic hydroxyl groups excluding tert-OH is 3. The first-order valence-corrected chi connectivity index (χ1v) is 28.4. The van der Waals surface area contributed by atoms with E-state index >= 15 is 0 Å². The summed E-state index contributed by atoms with van der Waals surface area (Å²) in [4.78, 5) is 153. The summed E-state index contributed by atoms with van der Waals surface area (Å²) in [5.41, 5.74) is 29.2. The molecule has 0 saturated carbocycles. The van der Waals surface area contributed by atoms with Gasteiger partial charge in [-0.05, 0) is 135 Å². The minimum absolute atomic E-state index is 0.0160. The maximum Gasteiger partial charge on any atom is 0.245 e. The predicted molar refractivity (Wildman–Crippen MR) is 302 cm³/mol. The molecular weight excluding hydrogens is 1070 g/mol. The molecule has 82 heavy (non-hydrogen) atoms. The summed E-state index contributed by atoms with van der Waals surface area (Å²) in [6.45, 7) is 11.8. The van der Waals surface area contributed by atoms with Crippen LogP contribution in [0.25, 0.3) is 0 Å². The highest BCUT2D eigenvalue weighted by molar-refractivity contribution is 5.99. The number of nitrogens with one attached hydrogen (secondary N) is 11. The van der Waals surface area contributed by atoms with Crippen molar-refractivity contribution in [2.45, 2.75) is 205 Å². The number of carbonyl (C=O) groups excluding carboxylic acids is 11. The maximum absolute atomic E-state index is 14.4. The Bertz CT molecular complexity index is 2080. The van der Waals surface area contributed by atoms with Gasteiger partial charge in [-0.3, -0.25) is 52.7 Å². The Balaban J connectivity index is 3.83. The van der Waals surface area contributed by atoms with E-state index < -0.39 is 157 Å². The summed E-state index contributed by atoms with van der Waals surface area (Å²) < 4.78 is 0. The van der Waals surface area contributed by atoms with Crippen LogP contribution in [0, 0.1) is 17.8 Å². The number of amides is 11. The number of aliphatic hydroxyl groups is 3. The quantitative estimate of drug-likeness (QED) is 0.0346. The summed E-state index contributed by atoms with van der Waals surface area (Å²) in [7, 11) is 0. The van der Waals surface area contributed by atoms with Gasteiger partial charge in [-0.25, -0.2) is 0 Å². The standard InChI is InChI=1S/C52H98N16O14/c1-26(2)24-38-49(79)62-33(13-19-54)43(73)61-36(16-22-57)48(78)67-41(30(7)70)51(81)58-23-17-37(46(76)60-34(14-20-55)45(75)65-39(25-27(3)4)50(80)66-38)63-44(74)35(15-21-56)64-52(82)42(31(8)71)68-47(77)32(12-18-53)59-40(72)11-9-10-28(5)29(6)69/h26-39,41-42,69-71H,9-25,53-57H2,1-8H3,(H,58,81)(H,59,72)(H,60,76)(H,61,73)(H,62,79)(H,63,74)(H,64,82)(H,65,75)(H,66,80)(H,67,78)(H,68,77)/t28?,29?,30-,31-,32+,33+,34+,35+,36+,37+,38+,39-,41+,42+/m1/s1. The molecule has 0 spiro atoms. The zero-order valence-electron chi connectivity index (χ0n) is 49.0. The van der Waals surface area contributed by atoms with Crippen molar-refractivity contribution >= 4 is 65.0 Å². The van der Waals surface area contributed by atoms with Crippen LogP contribution in [-0.4, -0.2) is 198 Å². The van der Waals surface area contributed by atoms with Crippen molar-refractivity contribution in [2.75, 3.05) is 39.3 Å². The summed E-state index contributed by atoms with van der Waals surface area (Å²) in [6.07, 6.45) is -4.00. The fourth-order valence-corrected chi connectivity index (χ4v) is 8.61. The van der Waals surface area contributed by atoms with E-state index in [4.69, 9.17) is 28.7 Å². The van der Waals surface area contributed by atoms with E-state index in [1.165, 1.54) is 13.8 Å². The molecule has 1 fully saturated rings. The highest BCUT2D eigenvalue weighted by Crippen LogP contribution is 2.14. The van der Waals surface area contributed by atoms with Gasteiger partial charge in [-0.1, -0.05) is 34.6 Å². The summed E-state index contributed by atoms with van der Waals surface area (Å²) in [6, 6.07) is -14.7. The second-order valence-electron chi connectivity index (χ2n) is 21.8. The minimum Gasteiger partial charge on any atom is -0.393 e. The smallest absolute Gasteiger partial charge is 0.245 e. The van der Waals surface area contributed by atoms with Gasteiger partial charge < -0.3 is 102 Å². The molecule has 14 atom stereocenters. The summed E-state index contributed by atoms with van der Waals surface area (Å²) in [5.74, 6) is -10.3. The van der Waals surface area contributed by atoms with Crippen LogP contribution in [0.1, 0.15) is 126 Å². The molecule has 0 aromatic heterocycles. The van der Waals surface area contributed by atoms with Crippen LogP contribution in [0.2, 0.25) is 0 Å². The average Bonchev–Trinajstić information content (AvgIpc) is 3.44. The molecule has 1 saturated heterocycles. The van der Waals surface area contributed by atoms with Gasteiger partial charge in [0.15, 0.2) is 0 Å². The lowest BCUT2D eigenvalue weighted by atomic mass is 9.99. The Kier molecular flexibility index (Phi) is 34.8. The Morgan fingerprint density at radius 1 is 0.500 bits per heavy atom. The molecular formula is C52H98N16O14. The van der Waals surface area contributed by atoms with Gasteiger partial charge in [0.25, 0.3) is 0 Å². The molecule has 0 aromatic carbocycles. The SMILES string of the molecule is CC(C)C[C@@H]1NC(=O)[C@@H](CC(C)C)NC(=O)[C@H](CCN)NC(=O)[C@@H](NC(=O)[C@H](CCN)NC(=O)[C@@H](NC(=O)[C@H](CCN)NC(=O)CCCC(C)C(C)O)[C@@H](C)O)CCNC(=O)[C@H]([C@@H](C)O)NC(=O)[C@H](CCN)NC(=O)[C@H](CCN)NC1=O. The number of hydrogen-bond donors (Lipinski definition) is 19. The molecule has 0 radical (unpaired) electrons. The van der Waals surface area contributed by atoms with Crippen LogP contribution >= 0.6 is 0 Å². The van der Waals surface area contributed by atoms with E-state index in [0.29, 0.717) is 12.8 Å². The van der Waals surface area contributed by atoms with Crippen molar-refractivity contribution in [3.05, 3.63) is 0 Å². The van der Waals surface area contributed by atoms with E-state index in [1.807, 2.05) is 6.92 Å². The van der Waals surface area contributed by atoms with Crippen molar-refractivity contribution in [3.63, 3.8) is 0 Å².